The first-order chi connectivity index (χ1) is 8.63. The molecule has 94 valence electrons. The Hall–Kier alpha value is -1.99. The van der Waals surface area contributed by atoms with Gasteiger partial charge >= 0.3 is 5.97 Å². The summed E-state index contributed by atoms with van der Waals surface area (Å²) in [5, 5.41) is 0. The molecule has 2 heterocycles. The SMILES string of the molecule is C=C=C1C(=O)O[C@@H](c2ccoc2)[C@]1(C)CCC=C. The van der Waals surface area contributed by atoms with E-state index in [9.17, 15) is 4.79 Å². The summed E-state index contributed by atoms with van der Waals surface area (Å²) in [7, 11) is 0. The van der Waals surface area contributed by atoms with E-state index in [2.05, 4.69) is 18.9 Å². The fraction of sp³-hybridized carbons (Fsp3) is 0.333. The molecule has 0 aliphatic carbocycles. The number of esters is 1. The van der Waals surface area contributed by atoms with Gasteiger partial charge in [-0.2, -0.15) is 0 Å². The van der Waals surface area contributed by atoms with Crippen LogP contribution in [0.3, 0.4) is 0 Å². The van der Waals surface area contributed by atoms with Gasteiger partial charge in [-0.05, 0) is 18.9 Å². The zero-order chi connectivity index (χ0) is 13.2. The second-order valence-corrected chi connectivity index (χ2v) is 4.64. The first kappa shape index (κ1) is 12.5. The zero-order valence-corrected chi connectivity index (χ0v) is 10.4. The fourth-order valence-electron chi connectivity index (χ4n) is 2.45. The van der Waals surface area contributed by atoms with Crippen LogP contribution in [0.25, 0.3) is 0 Å². The van der Waals surface area contributed by atoms with Crippen LogP contribution in [0, 0.1) is 5.41 Å². The number of cyclic esters (lactones) is 1. The van der Waals surface area contributed by atoms with Gasteiger partial charge in [0.25, 0.3) is 0 Å². The van der Waals surface area contributed by atoms with Crippen LogP contribution in [0.2, 0.25) is 0 Å². The summed E-state index contributed by atoms with van der Waals surface area (Å²) in [6.07, 6.45) is 6.24. The normalized spacial score (nSPS) is 26.8. The number of ether oxygens (including phenoxy) is 1. The van der Waals surface area contributed by atoms with Crippen molar-refractivity contribution in [2.45, 2.75) is 25.9 Å². The number of allylic oxidation sites excluding steroid dienone is 1. The Morgan fingerprint density at radius 1 is 1.61 bits per heavy atom. The summed E-state index contributed by atoms with van der Waals surface area (Å²) in [6.45, 7) is 9.31. The summed E-state index contributed by atoms with van der Waals surface area (Å²) < 4.78 is 10.5. The lowest BCUT2D eigenvalue weighted by atomic mass is 9.74. The number of hydrogen-bond donors (Lipinski definition) is 0. The van der Waals surface area contributed by atoms with Gasteiger partial charge in [0.2, 0.25) is 0 Å². The molecule has 0 saturated carbocycles. The van der Waals surface area contributed by atoms with Crippen molar-refractivity contribution in [2.75, 3.05) is 0 Å². The summed E-state index contributed by atoms with van der Waals surface area (Å²) in [5.41, 5.74) is 3.67. The van der Waals surface area contributed by atoms with Crippen LogP contribution >= 0.6 is 0 Å². The molecular weight excluding hydrogens is 228 g/mol. The van der Waals surface area contributed by atoms with Crippen molar-refractivity contribution in [3.05, 3.63) is 54.7 Å². The van der Waals surface area contributed by atoms with Crippen molar-refractivity contribution in [3.8, 4) is 0 Å². The maximum atomic E-state index is 11.9. The third-order valence-electron chi connectivity index (χ3n) is 3.47. The summed E-state index contributed by atoms with van der Waals surface area (Å²) >= 11 is 0. The molecule has 0 N–H and O–H groups in total. The number of hydrogen-bond acceptors (Lipinski definition) is 3. The highest BCUT2D eigenvalue weighted by molar-refractivity contribution is 5.92. The van der Waals surface area contributed by atoms with E-state index in [1.807, 2.05) is 19.1 Å². The maximum Gasteiger partial charge on any atom is 0.343 e. The third-order valence-corrected chi connectivity index (χ3v) is 3.47. The highest BCUT2D eigenvalue weighted by atomic mass is 16.6. The molecule has 1 aliphatic heterocycles. The lowest BCUT2D eigenvalue weighted by Gasteiger charge is -2.27. The number of furan rings is 1. The molecule has 1 saturated heterocycles. The lowest BCUT2D eigenvalue weighted by Crippen LogP contribution is -2.22. The van der Waals surface area contributed by atoms with E-state index in [1.54, 1.807) is 12.5 Å². The molecule has 1 aromatic rings. The van der Waals surface area contributed by atoms with Gasteiger partial charge in [0.05, 0.1) is 18.1 Å². The molecule has 1 fully saturated rings. The van der Waals surface area contributed by atoms with Crippen molar-refractivity contribution < 1.29 is 13.9 Å². The van der Waals surface area contributed by atoms with Crippen molar-refractivity contribution >= 4 is 5.97 Å². The summed E-state index contributed by atoms with van der Waals surface area (Å²) in [5.74, 6) is -0.345. The molecule has 0 amide bonds. The van der Waals surface area contributed by atoms with Crippen LogP contribution in [0.5, 0.6) is 0 Å². The van der Waals surface area contributed by atoms with Crippen LogP contribution in [0.1, 0.15) is 31.4 Å². The third kappa shape index (κ3) is 1.83. The van der Waals surface area contributed by atoms with Gasteiger partial charge in [0.1, 0.15) is 6.10 Å². The topological polar surface area (TPSA) is 39.4 Å². The molecule has 0 unspecified atom stereocenters. The molecule has 18 heavy (non-hydrogen) atoms. The second kappa shape index (κ2) is 4.71. The molecule has 2 atom stereocenters. The van der Waals surface area contributed by atoms with Gasteiger partial charge in [0.15, 0.2) is 0 Å². The van der Waals surface area contributed by atoms with Crippen LogP contribution in [0.4, 0.5) is 0 Å². The van der Waals surface area contributed by atoms with Gasteiger partial charge in [-0.1, -0.05) is 19.6 Å². The predicted octanol–water partition coefficient (Wildman–Crippen LogP) is 3.56. The van der Waals surface area contributed by atoms with Gasteiger partial charge in [-0.3, -0.25) is 0 Å². The monoisotopic (exact) mass is 244 g/mol. The zero-order valence-electron chi connectivity index (χ0n) is 10.4. The standard InChI is InChI=1S/C15H16O3/c1-4-6-8-15(3)12(5-2)14(16)18-13(15)11-7-9-17-10-11/h4,7,9-10,13H,1-2,6,8H2,3H3/t13-,15+/m0/s1. The molecule has 0 bridgehead atoms. The van der Waals surface area contributed by atoms with E-state index >= 15 is 0 Å². The van der Waals surface area contributed by atoms with Crippen molar-refractivity contribution in [1.82, 2.24) is 0 Å². The van der Waals surface area contributed by atoms with Gasteiger partial charge in [-0.15, -0.1) is 12.3 Å². The predicted molar refractivity (Wildman–Crippen MR) is 67.7 cm³/mol. The van der Waals surface area contributed by atoms with Gasteiger partial charge < -0.3 is 9.15 Å². The Bertz CT molecular complexity index is 506. The molecular formula is C15H16O3. The molecule has 0 aromatic carbocycles. The molecule has 1 aliphatic rings. The Morgan fingerprint density at radius 3 is 2.94 bits per heavy atom. The smallest absolute Gasteiger partial charge is 0.343 e. The van der Waals surface area contributed by atoms with Gasteiger partial charge in [-0.25, -0.2) is 4.79 Å². The van der Waals surface area contributed by atoms with E-state index in [4.69, 9.17) is 9.15 Å². The Balaban J connectivity index is 2.43. The Morgan fingerprint density at radius 2 is 2.39 bits per heavy atom. The summed E-state index contributed by atoms with van der Waals surface area (Å²) in [6, 6.07) is 1.82. The quantitative estimate of drug-likeness (QED) is 0.352. The van der Waals surface area contributed by atoms with E-state index in [0.717, 1.165) is 18.4 Å². The lowest BCUT2D eigenvalue weighted by molar-refractivity contribution is -0.140. The van der Waals surface area contributed by atoms with Crippen LogP contribution in [-0.2, 0) is 9.53 Å². The van der Waals surface area contributed by atoms with E-state index < -0.39 is 5.41 Å². The molecule has 2 rings (SSSR count). The largest absolute Gasteiger partial charge is 0.472 e. The minimum atomic E-state index is -0.434. The first-order valence-corrected chi connectivity index (χ1v) is 5.88. The number of carbonyl (C=O) groups is 1. The molecule has 0 spiro atoms. The minimum Gasteiger partial charge on any atom is -0.472 e. The van der Waals surface area contributed by atoms with Crippen molar-refractivity contribution in [1.29, 1.82) is 0 Å². The Kier molecular flexibility index (Phi) is 3.26. The highest BCUT2D eigenvalue weighted by Crippen LogP contribution is 2.51. The summed E-state index contributed by atoms with van der Waals surface area (Å²) in [4.78, 5) is 11.9. The number of rotatable bonds is 4. The molecule has 3 nitrogen and oxygen atoms in total. The highest BCUT2D eigenvalue weighted by Gasteiger charge is 2.50. The fourth-order valence-corrected chi connectivity index (χ4v) is 2.45. The minimum absolute atomic E-state index is 0.340. The van der Waals surface area contributed by atoms with Crippen molar-refractivity contribution in [3.63, 3.8) is 0 Å². The average Bonchev–Trinajstić information content (AvgIpc) is 2.94. The van der Waals surface area contributed by atoms with Crippen LogP contribution in [0.15, 0.2) is 53.5 Å². The van der Waals surface area contributed by atoms with Gasteiger partial charge in [0, 0.05) is 11.0 Å². The molecule has 1 aromatic heterocycles. The Labute approximate surface area is 106 Å². The van der Waals surface area contributed by atoms with E-state index in [1.165, 1.54) is 0 Å². The second-order valence-electron chi connectivity index (χ2n) is 4.64. The maximum absolute atomic E-state index is 11.9. The van der Waals surface area contributed by atoms with Crippen molar-refractivity contribution in [2.24, 2.45) is 5.41 Å². The molecule has 3 heteroatoms. The van der Waals surface area contributed by atoms with E-state index in [0.29, 0.717) is 5.57 Å². The van der Waals surface area contributed by atoms with E-state index in [-0.39, 0.29) is 12.1 Å². The van der Waals surface area contributed by atoms with Crippen LogP contribution < -0.4 is 0 Å². The number of carbonyl (C=O) groups excluding carboxylic acids is 1. The molecule has 0 radical (unpaired) electrons. The van der Waals surface area contributed by atoms with Crippen LogP contribution in [-0.4, -0.2) is 5.97 Å². The first-order valence-electron chi connectivity index (χ1n) is 5.88. The average molecular weight is 244 g/mol.